The van der Waals surface area contributed by atoms with Crippen molar-refractivity contribution >= 4 is 0 Å². The molecule has 2 aromatic rings. The third-order valence-electron chi connectivity index (χ3n) is 1.91. The molecule has 0 bridgehead atoms. The van der Waals surface area contributed by atoms with E-state index in [4.69, 9.17) is 0 Å². The van der Waals surface area contributed by atoms with Gasteiger partial charge in [0, 0.05) is 24.2 Å². The molecule has 14 heavy (non-hydrogen) atoms. The lowest BCUT2D eigenvalue weighted by atomic mass is 10.3. The molecule has 0 spiro atoms. The molecule has 72 valence electrons. The minimum absolute atomic E-state index is 0.125. The van der Waals surface area contributed by atoms with Crippen molar-refractivity contribution in [2.24, 2.45) is 0 Å². The Morgan fingerprint density at radius 1 is 1.43 bits per heavy atom. The van der Waals surface area contributed by atoms with Crippen LogP contribution in [0.25, 0.3) is 11.4 Å². The number of H-pyrrole nitrogens is 2. The van der Waals surface area contributed by atoms with Crippen LogP contribution in [0.15, 0.2) is 23.1 Å². The second kappa shape index (κ2) is 3.45. The molecule has 2 heterocycles. The third kappa shape index (κ3) is 1.56. The molecule has 2 N–H and O–H groups in total. The normalized spacial score (nSPS) is 10.4. The fourth-order valence-corrected chi connectivity index (χ4v) is 1.13. The average molecular weight is 190 g/mol. The summed E-state index contributed by atoms with van der Waals surface area (Å²) in [6.07, 6.45) is 2.42. The summed E-state index contributed by atoms with van der Waals surface area (Å²) in [7, 11) is 0. The van der Waals surface area contributed by atoms with E-state index in [2.05, 4.69) is 20.2 Å². The van der Waals surface area contributed by atoms with Crippen LogP contribution >= 0.6 is 0 Å². The second-order valence-electron chi connectivity index (χ2n) is 2.90. The van der Waals surface area contributed by atoms with Crippen molar-refractivity contribution in [1.29, 1.82) is 0 Å². The lowest BCUT2D eigenvalue weighted by Crippen LogP contribution is -2.01. The molecule has 0 saturated carbocycles. The Kier molecular flexibility index (Phi) is 2.14. The summed E-state index contributed by atoms with van der Waals surface area (Å²) in [4.78, 5) is 17.6. The molecule has 0 aliphatic rings. The minimum atomic E-state index is -0.125. The van der Waals surface area contributed by atoms with E-state index in [9.17, 15) is 4.79 Å². The molecule has 5 nitrogen and oxygen atoms in total. The molecule has 0 aliphatic heterocycles. The molecule has 2 rings (SSSR count). The Hall–Kier alpha value is -1.91. The summed E-state index contributed by atoms with van der Waals surface area (Å²) in [5, 5.41) is 6.84. The molecule has 0 atom stereocenters. The Morgan fingerprint density at radius 3 is 2.86 bits per heavy atom. The number of aryl methyl sites for hydroxylation is 1. The van der Waals surface area contributed by atoms with Crippen LogP contribution in [0, 0.1) is 0 Å². The van der Waals surface area contributed by atoms with Gasteiger partial charge in [0.15, 0.2) is 5.82 Å². The smallest absolute Gasteiger partial charge is 0.247 e. The monoisotopic (exact) mass is 190 g/mol. The predicted octanol–water partition coefficient (Wildman–Crippen LogP) is 0.722. The van der Waals surface area contributed by atoms with Crippen molar-refractivity contribution in [3.63, 3.8) is 0 Å². The number of hydrogen-bond donors (Lipinski definition) is 2. The van der Waals surface area contributed by atoms with E-state index in [-0.39, 0.29) is 5.56 Å². The van der Waals surface area contributed by atoms with Crippen LogP contribution in [0.1, 0.15) is 12.7 Å². The molecule has 5 heteroatoms. The topological polar surface area (TPSA) is 74.4 Å². The number of nitrogens with zero attached hydrogens (tertiary/aromatic N) is 2. The lowest BCUT2D eigenvalue weighted by molar-refractivity contribution is 0.946. The highest BCUT2D eigenvalue weighted by Crippen LogP contribution is 2.10. The van der Waals surface area contributed by atoms with Crippen molar-refractivity contribution in [2.45, 2.75) is 13.3 Å². The number of aromatic amines is 2. The van der Waals surface area contributed by atoms with Gasteiger partial charge in [0.2, 0.25) is 5.56 Å². The first kappa shape index (κ1) is 8.68. The van der Waals surface area contributed by atoms with Gasteiger partial charge in [-0.3, -0.25) is 9.89 Å². The van der Waals surface area contributed by atoms with E-state index in [0.29, 0.717) is 5.82 Å². The maximum Gasteiger partial charge on any atom is 0.247 e. The van der Waals surface area contributed by atoms with E-state index in [1.165, 1.54) is 6.07 Å². The van der Waals surface area contributed by atoms with Gasteiger partial charge < -0.3 is 4.98 Å². The first-order valence-corrected chi connectivity index (χ1v) is 4.40. The zero-order chi connectivity index (χ0) is 9.97. The zero-order valence-corrected chi connectivity index (χ0v) is 7.74. The van der Waals surface area contributed by atoms with Crippen molar-refractivity contribution in [1.82, 2.24) is 20.2 Å². The average Bonchev–Trinajstić information content (AvgIpc) is 2.67. The van der Waals surface area contributed by atoms with Gasteiger partial charge >= 0.3 is 0 Å². The predicted molar refractivity (Wildman–Crippen MR) is 51.8 cm³/mol. The second-order valence-corrected chi connectivity index (χ2v) is 2.90. The Balaban J connectivity index is 2.39. The van der Waals surface area contributed by atoms with E-state index in [1.54, 1.807) is 12.3 Å². The molecule has 0 saturated heterocycles. The summed E-state index contributed by atoms with van der Waals surface area (Å²) >= 11 is 0. The SMILES string of the molecule is CCc1nc(-c2ccc(=O)[nH]c2)n[nH]1. The number of hydrogen-bond acceptors (Lipinski definition) is 3. The van der Waals surface area contributed by atoms with E-state index in [1.807, 2.05) is 6.92 Å². The van der Waals surface area contributed by atoms with Gasteiger partial charge in [-0.15, -0.1) is 0 Å². The quantitative estimate of drug-likeness (QED) is 0.732. The lowest BCUT2D eigenvalue weighted by Gasteiger charge is -1.91. The molecular formula is C9H10N4O. The van der Waals surface area contributed by atoms with Gasteiger partial charge in [-0.25, -0.2) is 4.98 Å². The number of rotatable bonds is 2. The Bertz CT molecular complexity index is 465. The molecular weight excluding hydrogens is 180 g/mol. The standard InChI is InChI=1S/C9H10N4O/c1-2-7-11-9(13-12-7)6-3-4-8(14)10-5-6/h3-5H,2H2,1H3,(H,10,14)(H,11,12,13). The van der Waals surface area contributed by atoms with Crippen LogP contribution in [0.2, 0.25) is 0 Å². The fourth-order valence-electron chi connectivity index (χ4n) is 1.13. The van der Waals surface area contributed by atoms with E-state index in [0.717, 1.165) is 17.8 Å². The van der Waals surface area contributed by atoms with Crippen molar-refractivity contribution in [3.05, 3.63) is 34.5 Å². The number of aromatic nitrogens is 4. The van der Waals surface area contributed by atoms with Gasteiger partial charge in [0.05, 0.1) is 0 Å². The van der Waals surface area contributed by atoms with Crippen LogP contribution in [0.4, 0.5) is 0 Å². The minimum Gasteiger partial charge on any atom is -0.328 e. The Labute approximate surface area is 80.2 Å². The van der Waals surface area contributed by atoms with Crippen molar-refractivity contribution in [3.8, 4) is 11.4 Å². The number of nitrogens with one attached hydrogen (secondary N) is 2. The van der Waals surface area contributed by atoms with Crippen LogP contribution in [-0.2, 0) is 6.42 Å². The maximum absolute atomic E-state index is 10.8. The molecule has 0 unspecified atom stereocenters. The van der Waals surface area contributed by atoms with Crippen molar-refractivity contribution in [2.75, 3.05) is 0 Å². The van der Waals surface area contributed by atoms with Crippen LogP contribution in [0.5, 0.6) is 0 Å². The van der Waals surface area contributed by atoms with Gasteiger partial charge in [0.1, 0.15) is 5.82 Å². The van der Waals surface area contributed by atoms with Gasteiger partial charge in [-0.2, -0.15) is 5.10 Å². The fraction of sp³-hybridized carbons (Fsp3) is 0.222. The van der Waals surface area contributed by atoms with Gasteiger partial charge in [0.25, 0.3) is 0 Å². The first-order valence-electron chi connectivity index (χ1n) is 4.40. The Morgan fingerprint density at radius 2 is 2.29 bits per heavy atom. The molecule has 0 aromatic carbocycles. The third-order valence-corrected chi connectivity index (χ3v) is 1.91. The van der Waals surface area contributed by atoms with Crippen molar-refractivity contribution < 1.29 is 0 Å². The van der Waals surface area contributed by atoms with Crippen LogP contribution in [0.3, 0.4) is 0 Å². The molecule has 0 fully saturated rings. The highest BCUT2D eigenvalue weighted by molar-refractivity contribution is 5.52. The summed E-state index contributed by atoms with van der Waals surface area (Å²) in [5.74, 6) is 1.45. The summed E-state index contributed by atoms with van der Waals surface area (Å²) in [6.45, 7) is 2.00. The summed E-state index contributed by atoms with van der Waals surface area (Å²) < 4.78 is 0. The molecule has 0 radical (unpaired) electrons. The maximum atomic E-state index is 10.8. The number of pyridine rings is 1. The molecule has 0 amide bonds. The van der Waals surface area contributed by atoms with E-state index >= 15 is 0 Å². The van der Waals surface area contributed by atoms with Crippen LogP contribution < -0.4 is 5.56 Å². The van der Waals surface area contributed by atoms with Gasteiger partial charge in [-0.1, -0.05) is 6.92 Å². The van der Waals surface area contributed by atoms with E-state index < -0.39 is 0 Å². The van der Waals surface area contributed by atoms with Gasteiger partial charge in [-0.05, 0) is 6.07 Å². The summed E-state index contributed by atoms with van der Waals surface area (Å²) in [6, 6.07) is 3.15. The van der Waals surface area contributed by atoms with Crippen LogP contribution in [-0.4, -0.2) is 20.2 Å². The highest BCUT2D eigenvalue weighted by Gasteiger charge is 2.03. The summed E-state index contributed by atoms with van der Waals surface area (Å²) in [5.41, 5.74) is 0.681. The molecule has 2 aromatic heterocycles. The molecule has 0 aliphatic carbocycles. The first-order chi connectivity index (χ1) is 6.79. The zero-order valence-electron chi connectivity index (χ0n) is 7.74. The largest absolute Gasteiger partial charge is 0.328 e. The highest BCUT2D eigenvalue weighted by atomic mass is 16.1.